The van der Waals surface area contributed by atoms with Gasteiger partial charge in [0.25, 0.3) is 0 Å². The number of amides is 2. The number of hydrogen-bond acceptors (Lipinski definition) is 4. The number of hydrogen-bond donors (Lipinski definition) is 3. The Morgan fingerprint density at radius 1 is 1.22 bits per heavy atom. The summed E-state index contributed by atoms with van der Waals surface area (Å²) in [6.07, 6.45) is 0.436. The van der Waals surface area contributed by atoms with Crippen molar-refractivity contribution in [2.24, 2.45) is 0 Å². The second-order valence-corrected chi connectivity index (χ2v) is 4.01. The molecule has 0 rings (SSSR count). The molecule has 104 valence electrons. The van der Waals surface area contributed by atoms with Crippen LogP contribution < -0.4 is 10.6 Å². The van der Waals surface area contributed by atoms with E-state index in [4.69, 9.17) is 5.11 Å². The lowest BCUT2D eigenvalue weighted by Gasteiger charge is -2.22. The highest BCUT2D eigenvalue weighted by Gasteiger charge is 2.21. The van der Waals surface area contributed by atoms with Crippen LogP contribution in [-0.4, -0.2) is 60.5 Å². The summed E-state index contributed by atoms with van der Waals surface area (Å²) in [4.78, 5) is 34.4. The van der Waals surface area contributed by atoms with Gasteiger partial charge in [-0.3, -0.25) is 19.3 Å². The molecule has 0 aliphatic carbocycles. The standard InChI is InChI=1S/C11H21N3O4/c1-4-9(11(17)18)14(3)7-10(16)13-6-5-12-8(2)15/h9H,4-7H2,1-3H3,(H,12,15)(H,13,16)(H,17,18). The molecule has 18 heavy (non-hydrogen) atoms. The van der Waals surface area contributed by atoms with E-state index in [0.717, 1.165) is 0 Å². The number of carboxylic acid groups (broad SMARTS) is 1. The highest BCUT2D eigenvalue weighted by Crippen LogP contribution is 2.00. The summed E-state index contributed by atoms with van der Waals surface area (Å²) in [5.41, 5.74) is 0. The molecule has 0 bridgehead atoms. The van der Waals surface area contributed by atoms with Crippen molar-refractivity contribution in [1.82, 2.24) is 15.5 Å². The highest BCUT2D eigenvalue weighted by molar-refractivity contribution is 5.80. The van der Waals surface area contributed by atoms with E-state index >= 15 is 0 Å². The molecule has 0 aliphatic rings. The molecule has 1 unspecified atom stereocenters. The van der Waals surface area contributed by atoms with Crippen LogP contribution >= 0.6 is 0 Å². The van der Waals surface area contributed by atoms with Crippen molar-refractivity contribution in [1.29, 1.82) is 0 Å². The van der Waals surface area contributed by atoms with E-state index in [0.29, 0.717) is 19.5 Å². The number of rotatable bonds is 8. The minimum atomic E-state index is -0.939. The zero-order valence-electron chi connectivity index (χ0n) is 11.0. The molecule has 0 spiro atoms. The number of nitrogens with zero attached hydrogens (tertiary/aromatic N) is 1. The van der Waals surface area contributed by atoms with Gasteiger partial charge < -0.3 is 15.7 Å². The molecule has 3 N–H and O–H groups in total. The highest BCUT2D eigenvalue weighted by atomic mass is 16.4. The number of carbonyl (C=O) groups is 3. The maximum Gasteiger partial charge on any atom is 0.320 e. The fourth-order valence-corrected chi connectivity index (χ4v) is 1.51. The van der Waals surface area contributed by atoms with Crippen molar-refractivity contribution in [3.63, 3.8) is 0 Å². The van der Waals surface area contributed by atoms with Gasteiger partial charge in [-0.15, -0.1) is 0 Å². The Hall–Kier alpha value is -1.63. The Balaban J connectivity index is 3.93. The first kappa shape index (κ1) is 16.4. The molecule has 0 aromatic rings. The van der Waals surface area contributed by atoms with Crippen molar-refractivity contribution < 1.29 is 19.5 Å². The largest absolute Gasteiger partial charge is 0.480 e. The van der Waals surface area contributed by atoms with Crippen molar-refractivity contribution >= 4 is 17.8 Å². The van der Waals surface area contributed by atoms with E-state index in [9.17, 15) is 14.4 Å². The quantitative estimate of drug-likeness (QED) is 0.487. The van der Waals surface area contributed by atoms with E-state index in [-0.39, 0.29) is 18.4 Å². The summed E-state index contributed by atoms with van der Waals surface area (Å²) >= 11 is 0. The Morgan fingerprint density at radius 3 is 2.22 bits per heavy atom. The predicted octanol–water partition coefficient (Wildman–Crippen LogP) is -0.966. The summed E-state index contributed by atoms with van der Waals surface area (Å²) in [7, 11) is 1.59. The number of aliphatic carboxylic acids is 1. The molecule has 0 aromatic carbocycles. The molecule has 0 aromatic heterocycles. The van der Waals surface area contributed by atoms with Crippen LogP contribution in [0.3, 0.4) is 0 Å². The average molecular weight is 259 g/mol. The van der Waals surface area contributed by atoms with Crippen LogP contribution in [0.15, 0.2) is 0 Å². The van der Waals surface area contributed by atoms with Crippen LogP contribution in [0.2, 0.25) is 0 Å². The molecule has 7 heteroatoms. The number of nitrogens with one attached hydrogen (secondary N) is 2. The van der Waals surface area contributed by atoms with Gasteiger partial charge in [-0.2, -0.15) is 0 Å². The summed E-state index contributed by atoms with van der Waals surface area (Å²) in [5, 5.41) is 14.1. The van der Waals surface area contributed by atoms with Crippen LogP contribution in [0.5, 0.6) is 0 Å². The Morgan fingerprint density at radius 2 is 1.78 bits per heavy atom. The van der Waals surface area contributed by atoms with E-state index < -0.39 is 12.0 Å². The Labute approximate surface area is 107 Å². The van der Waals surface area contributed by atoms with Crippen LogP contribution in [-0.2, 0) is 14.4 Å². The van der Waals surface area contributed by atoms with Gasteiger partial charge in [-0.1, -0.05) is 6.92 Å². The first-order valence-electron chi connectivity index (χ1n) is 5.82. The maximum absolute atomic E-state index is 11.5. The van der Waals surface area contributed by atoms with Gasteiger partial charge in [0.2, 0.25) is 11.8 Å². The maximum atomic E-state index is 11.5. The zero-order chi connectivity index (χ0) is 14.1. The SMILES string of the molecule is CCC(C(=O)O)N(C)CC(=O)NCCNC(C)=O. The van der Waals surface area contributed by atoms with Gasteiger partial charge in [-0.05, 0) is 13.5 Å². The third-order valence-corrected chi connectivity index (χ3v) is 2.42. The van der Waals surface area contributed by atoms with Gasteiger partial charge >= 0.3 is 5.97 Å². The molecular formula is C11H21N3O4. The number of carboxylic acids is 1. The fraction of sp³-hybridized carbons (Fsp3) is 0.727. The van der Waals surface area contributed by atoms with Gasteiger partial charge in [-0.25, -0.2) is 0 Å². The monoisotopic (exact) mass is 259 g/mol. The van der Waals surface area contributed by atoms with E-state index in [1.165, 1.54) is 11.8 Å². The van der Waals surface area contributed by atoms with Gasteiger partial charge in [0.15, 0.2) is 0 Å². The van der Waals surface area contributed by atoms with Crippen molar-refractivity contribution in [3.05, 3.63) is 0 Å². The molecular weight excluding hydrogens is 238 g/mol. The average Bonchev–Trinajstić information content (AvgIpc) is 2.24. The topological polar surface area (TPSA) is 98.7 Å². The van der Waals surface area contributed by atoms with Crippen molar-refractivity contribution in [3.8, 4) is 0 Å². The molecule has 0 radical (unpaired) electrons. The summed E-state index contributed by atoms with van der Waals surface area (Å²) in [6.45, 7) is 3.86. The molecule has 0 fully saturated rings. The molecule has 0 saturated heterocycles. The summed E-state index contributed by atoms with van der Waals surface area (Å²) in [5.74, 6) is -1.35. The van der Waals surface area contributed by atoms with Crippen LogP contribution in [0.4, 0.5) is 0 Å². The normalized spacial score (nSPS) is 12.0. The lowest BCUT2D eigenvalue weighted by molar-refractivity contribution is -0.143. The zero-order valence-corrected chi connectivity index (χ0v) is 11.0. The van der Waals surface area contributed by atoms with Crippen molar-refractivity contribution in [2.45, 2.75) is 26.3 Å². The predicted molar refractivity (Wildman–Crippen MR) is 66.0 cm³/mol. The molecule has 0 saturated carbocycles. The van der Waals surface area contributed by atoms with Crippen LogP contribution in [0, 0.1) is 0 Å². The fourth-order valence-electron chi connectivity index (χ4n) is 1.51. The molecule has 0 aliphatic heterocycles. The van der Waals surface area contributed by atoms with Crippen LogP contribution in [0.25, 0.3) is 0 Å². The van der Waals surface area contributed by atoms with Gasteiger partial charge in [0.1, 0.15) is 6.04 Å². The van der Waals surface area contributed by atoms with Crippen LogP contribution in [0.1, 0.15) is 20.3 Å². The van der Waals surface area contributed by atoms with E-state index in [1.807, 2.05) is 0 Å². The first-order valence-corrected chi connectivity index (χ1v) is 5.82. The molecule has 2 amide bonds. The minimum Gasteiger partial charge on any atom is -0.480 e. The van der Waals surface area contributed by atoms with E-state index in [1.54, 1.807) is 14.0 Å². The number of likely N-dealkylation sites (N-methyl/N-ethyl adjacent to an activating group) is 1. The molecule has 1 atom stereocenters. The Kier molecular flexibility index (Phi) is 7.69. The van der Waals surface area contributed by atoms with E-state index in [2.05, 4.69) is 10.6 Å². The second-order valence-electron chi connectivity index (χ2n) is 4.01. The lowest BCUT2D eigenvalue weighted by atomic mass is 10.2. The van der Waals surface area contributed by atoms with Crippen molar-refractivity contribution in [2.75, 3.05) is 26.7 Å². The smallest absolute Gasteiger partial charge is 0.320 e. The lowest BCUT2D eigenvalue weighted by Crippen LogP contribution is -2.45. The first-order chi connectivity index (χ1) is 8.38. The van der Waals surface area contributed by atoms with Gasteiger partial charge in [0.05, 0.1) is 6.54 Å². The summed E-state index contributed by atoms with van der Waals surface area (Å²) in [6, 6.07) is -0.661. The minimum absolute atomic E-state index is 0.0187. The van der Waals surface area contributed by atoms with Gasteiger partial charge in [0, 0.05) is 20.0 Å². The third-order valence-electron chi connectivity index (χ3n) is 2.42. The molecule has 7 nitrogen and oxygen atoms in total. The third kappa shape index (κ3) is 6.85. The summed E-state index contributed by atoms with van der Waals surface area (Å²) < 4.78 is 0. The molecule has 0 heterocycles. The Bertz CT molecular complexity index is 307. The second kappa shape index (κ2) is 8.46. The number of carbonyl (C=O) groups excluding carboxylic acids is 2.